The fourth-order valence-corrected chi connectivity index (χ4v) is 1.33. The molecule has 0 bridgehead atoms. The van der Waals surface area contributed by atoms with Gasteiger partial charge >= 0.3 is 0 Å². The first-order valence-electron chi connectivity index (χ1n) is 4.03. The summed E-state index contributed by atoms with van der Waals surface area (Å²) in [5.41, 5.74) is 6.22. The van der Waals surface area contributed by atoms with Gasteiger partial charge in [0, 0.05) is 5.56 Å². The van der Waals surface area contributed by atoms with Crippen molar-refractivity contribution in [1.29, 1.82) is 0 Å². The lowest BCUT2D eigenvalue weighted by atomic mass is 10.1. The van der Waals surface area contributed by atoms with Crippen LogP contribution >= 0.6 is 12.4 Å². The maximum atomic E-state index is 12.3. The Hall–Kier alpha value is -1.00. The van der Waals surface area contributed by atoms with Crippen LogP contribution in [0.15, 0.2) is 18.2 Å². The normalized spacial score (nSPS) is 14.7. The van der Waals surface area contributed by atoms with E-state index in [1.54, 1.807) is 18.2 Å². The van der Waals surface area contributed by atoms with Gasteiger partial charge in [-0.15, -0.1) is 12.4 Å². The molecule has 5 heteroatoms. The summed E-state index contributed by atoms with van der Waals surface area (Å²) < 4.78 is 22.6. The number of fused-ring (bicyclic) bond motifs is 1. The summed E-state index contributed by atoms with van der Waals surface area (Å²) in [6.45, 7) is -0.412. The molecular formula is C9H11ClFNO2. The number of alkyl halides is 1. The molecule has 0 aliphatic carbocycles. The third-order valence-electron chi connectivity index (χ3n) is 1.99. The second kappa shape index (κ2) is 4.48. The highest BCUT2D eigenvalue weighted by molar-refractivity contribution is 5.85. The van der Waals surface area contributed by atoms with Gasteiger partial charge < -0.3 is 15.2 Å². The van der Waals surface area contributed by atoms with E-state index in [0.29, 0.717) is 17.1 Å². The Morgan fingerprint density at radius 3 is 2.93 bits per heavy atom. The second-order valence-electron chi connectivity index (χ2n) is 2.84. The predicted octanol–water partition coefficient (Wildman–Crippen LogP) is 1.81. The Bertz CT molecular complexity index is 322. The number of para-hydroxylation sites is 1. The molecule has 1 heterocycles. The van der Waals surface area contributed by atoms with Crippen molar-refractivity contribution in [1.82, 2.24) is 0 Å². The molecule has 0 fully saturated rings. The summed E-state index contributed by atoms with van der Waals surface area (Å²) in [6.07, 6.45) is 0. The van der Waals surface area contributed by atoms with Crippen LogP contribution in [0.3, 0.4) is 0 Å². The van der Waals surface area contributed by atoms with Crippen molar-refractivity contribution >= 4 is 12.4 Å². The summed E-state index contributed by atoms with van der Waals surface area (Å²) in [4.78, 5) is 0. The minimum Gasteiger partial charge on any atom is -0.454 e. The number of benzene rings is 1. The van der Waals surface area contributed by atoms with Crippen molar-refractivity contribution in [3.05, 3.63) is 23.8 Å². The molecule has 1 aromatic carbocycles. The number of ether oxygens (including phenoxy) is 2. The maximum Gasteiger partial charge on any atom is 0.231 e. The van der Waals surface area contributed by atoms with Crippen molar-refractivity contribution < 1.29 is 13.9 Å². The van der Waals surface area contributed by atoms with Gasteiger partial charge in [0.15, 0.2) is 11.5 Å². The quantitative estimate of drug-likeness (QED) is 0.825. The minimum atomic E-state index is -0.628. The van der Waals surface area contributed by atoms with Gasteiger partial charge in [-0.1, -0.05) is 12.1 Å². The molecular weight excluding hydrogens is 209 g/mol. The fourth-order valence-electron chi connectivity index (χ4n) is 1.33. The Balaban J connectivity index is 0.000000980. The number of hydrogen-bond donors (Lipinski definition) is 1. The zero-order valence-corrected chi connectivity index (χ0v) is 8.22. The maximum absolute atomic E-state index is 12.3. The van der Waals surface area contributed by atoms with Gasteiger partial charge in [0.05, 0.1) is 6.04 Å². The Labute approximate surface area is 87.4 Å². The molecule has 0 saturated heterocycles. The SMILES string of the molecule is Cl.N[C@H](CF)c1cccc2c1OCO2. The third kappa shape index (κ3) is 1.76. The summed E-state index contributed by atoms with van der Waals surface area (Å²) in [7, 11) is 0. The molecule has 2 N–H and O–H groups in total. The molecule has 0 aromatic heterocycles. The zero-order chi connectivity index (χ0) is 9.26. The zero-order valence-electron chi connectivity index (χ0n) is 7.40. The van der Waals surface area contributed by atoms with Crippen molar-refractivity contribution in [2.24, 2.45) is 5.73 Å². The van der Waals surface area contributed by atoms with Crippen LogP contribution in [0.25, 0.3) is 0 Å². The standard InChI is InChI=1S/C9H10FNO2.ClH/c10-4-7(11)6-2-1-3-8-9(6)13-5-12-8;/h1-3,7H,4-5,11H2;1H/t7-;/m1./s1. The average molecular weight is 220 g/mol. The molecule has 78 valence electrons. The molecule has 0 unspecified atom stereocenters. The number of rotatable bonds is 2. The number of hydrogen-bond acceptors (Lipinski definition) is 3. The molecule has 1 aliphatic rings. The third-order valence-corrected chi connectivity index (χ3v) is 1.99. The van der Waals surface area contributed by atoms with Gasteiger partial charge in [0.1, 0.15) is 6.67 Å². The molecule has 1 atom stereocenters. The van der Waals surface area contributed by atoms with Gasteiger partial charge in [-0.05, 0) is 6.07 Å². The first kappa shape index (κ1) is 11.1. The van der Waals surface area contributed by atoms with Gasteiger partial charge in [-0.3, -0.25) is 0 Å². The van der Waals surface area contributed by atoms with E-state index in [-0.39, 0.29) is 19.2 Å². The fraction of sp³-hybridized carbons (Fsp3) is 0.333. The molecule has 1 aliphatic heterocycles. The summed E-state index contributed by atoms with van der Waals surface area (Å²) in [6, 6.07) is 4.67. The van der Waals surface area contributed by atoms with Crippen molar-refractivity contribution in [2.75, 3.05) is 13.5 Å². The highest BCUT2D eigenvalue weighted by Gasteiger charge is 2.20. The van der Waals surface area contributed by atoms with Crippen molar-refractivity contribution in [2.45, 2.75) is 6.04 Å². The van der Waals surface area contributed by atoms with Crippen LogP contribution in [0.2, 0.25) is 0 Å². The van der Waals surface area contributed by atoms with E-state index < -0.39 is 12.7 Å². The van der Waals surface area contributed by atoms with Crippen LogP contribution in [-0.4, -0.2) is 13.5 Å². The highest BCUT2D eigenvalue weighted by atomic mass is 35.5. The van der Waals surface area contributed by atoms with E-state index in [0.717, 1.165) is 0 Å². The molecule has 0 saturated carbocycles. The summed E-state index contributed by atoms with van der Waals surface area (Å²) in [5.74, 6) is 1.22. The predicted molar refractivity (Wildman–Crippen MR) is 52.7 cm³/mol. The van der Waals surface area contributed by atoms with E-state index in [1.165, 1.54) is 0 Å². The lowest BCUT2D eigenvalue weighted by Crippen LogP contribution is -2.12. The van der Waals surface area contributed by atoms with Crippen LogP contribution in [0.1, 0.15) is 11.6 Å². The largest absolute Gasteiger partial charge is 0.454 e. The molecule has 2 rings (SSSR count). The summed E-state index contributed by atoms with van der Waals surface area (Å²) >= 11 is 0. The molecule has 14 heavy (non-hydrogen) atoms. The molecule has 0 amide bonds. The van der Waals surface area contributed by atoms with Gasteiger partial charge in [0.2, 0.25) is 6.79 Å². The number of nitrogens with two attached hydrogens (primary N) is 1. The van der Waals surface area contributed by atoms with E-state index >= 15 is 0 Å². The number of halogens is 2. The van der Waals surface area contributed by atoms with Crippen molar-refractivity contribution in [3.63, 3.8) is 0 Å². The van der Waals surface area contributed by atoms with E-state index in [9.17, 15) is 4.39 Å². The molecule has 0 spiro atoms. The van der Waals surface area contributed by atoms with Crippen LogP contribution in [0, 0.1) is 0 Å². The van der Waals surface area contributed by atoms with E-state index in [1.807, 2.05) is 0 Å². The van der Waals surface area contributed by atoms with Gasteiger partial charge in [-0.25, -0.2) is 4.39 Å². The average Bonchev–Trinajstić information content (AvgIpc) is 2.63. The lowest BCUT2D eigenvalue weighted by molar-refractivity contribution is 0.172. The van der Waals surface area contributed by atoms with Crippen LogP contribution < -0.4 is 15.2 Å². The minimum absolute atomic E-state index is 0. The highest BCUT2D eigenvalue weighted by Crippen LogP contribution is 2.37. The Kier molecular flexibility index (Phi) is 3.55. The Morgan fingerprint density at radius 2 is 2.21 bits per heavy atom. The molecule has 3 nitrogen and oxygen atoms in total. The summed E-state index contributed by atoms with van der Waals surface area (Å²) in [5, 5.41) is 0. The molecule has 1 aromatic rings. The van der Waals surface area contributed by atoms with Crippen LogP contribution in [0.4, 0.5) is 4.39 Å². The first-order chi connectivity index (χ1) is 6.33. The lowest BCUT2D eigenvalue weighted by Gasteiger charge is -2.09. The van der Waals surface area contributed by atoms with Crippen LogP contribution in [-0.2, 0) is 0 Å². The molecule has 0 radical (unpaired) electrons. The topological polar surface area (TPSA) is 44.5 Å². The van der Waals surface area contributed by atoms with Crippen molar-refractivity contribution in [3.8, 4) is 11.5 Å². The second-order valence-corrected chi connectivity index (χ2v) is 2.84. The van der Waals surface area contributed by atoms with Crippen LogP contribution in [0.5, 0.6) is 11.5 Å². The van der Waals surface area contributed by atoms with E-state index in [2.05, 4.69) is 0 Å². The van der Waals surface area contributed by atoms with Gasteiger partial charge in [0.25, 0.3) is 0 Å². The monoisotopic (exact) mass is 219 g/mol. The first-order valence-corrected chi connectivity index (χ1v) is 4.03. The van der Waals surface area contributed by atoms with E-state index in [4.69, 9.17) is 15.2 Å². The smallest absolute Gasteiger partial charge is 0.231 e. The Morgan fingerprint density at radius 1 is 1.43 bits per heavy atom. The van der Waals surface area contributed by atoms with Gasteiger partial charge in [-0.2, -0.15) is 0 Å².